The summed E-state index contributed by atoms with van der Waals surface area (Å²) < 4.78 is 0. The molecule has 0 aromatic heterocycles. The molecule has 0 radical (unpaired) electrons. The van der Waals surface area contributed by atoms with E-state index >= 15 is 0 Å². The van der Waals surface area contributed by atoms with Crippen molar-refractivity contribution < 1.29 is 14.7 Å². The Labute approximate surface area is 77.3 Å². The molecule has 0 rings (SSSR count). The molecule has 0 fully saturated rings. The summed E-state index contributed by atoms with van der Waals surface area (Å²) in [6, 6.07) is 0. The van der Waals surface area contributed by atoms with Crippen molar-refractivity contribution in [1.82, 2.24) is 5.32 Å². The fourth-order valence-corrected chi connectivity index (χ4v) is 0.746. The molecule has 0 aromatic rings. The zero-order valence-electron chi connectivity index (χ0n) is 7.96. The number of nitrogens with one attached hydrogen (secondary N) is 1. The summed E-state index contributed by atoms with van der Waals surface area (Å²) in [6.07, 6.45) is 0.0440. The zero-order valence-corrected chi connectivity index (χ0v) is 7.96. The molecule has 4 N–H and O–H groups in total. The third-order valence-corrected chi connectivity index (χ3v) is 1.70. The van der Waals surface area contributed by atoms with Crippen LogP contribution in [0.3, 0.4) is 0 Å². The summed E-state index contributed by atoms with van der Waals surface area (Å²) in [4.78, 5) is 21.9. The molecule has 0 saturated carbocycles. The fraction of sp³-hybridized carbons (Fsp3) is 0.750. The van der Waals surface area contributed by atoms with E-state index in [0.29, 0.717) is 0 Å². The highest BCUT2D eigenvalue weighted by molar-refractivity contribution is 5.87. The number of carbonyl (C=O) groups excluding carboxylic acids is 2. The van der Waals surface area contributed by atoms with Crippen molar-refractivity contribution in [3.8, 4) is 0 Å². The lowest BCUT2D eigenvalue weighted by Gasteiger charge is -2.19. The van der Waals surface area contributed by atoms with Crippen LogP contribution in [-0.4, -0.2) is 30.1 Å². The van der Waals surface area contributed by atoms with Crippen LogP contribution in [0.25, 0.3) is 0 Å². The Morgan fingerprint density at radius 1 is 1.46 bits per heavy atom. The lowest BCUT2D eigenvalue weighted by atomic mass is 9.88. The third kappa shape index (κ3) is 4.47. The fourth-order valence-electron chi connectivity index (χ4n) is 0.746. The predicted molar refractivity (Wildman–Crippen MR) is 47.7 cm³/mol. The highest BCUT2D eigenvalue weighted by Gasteiger charge is 2.27. The summed E-state index contributed by atoms with van der Waals surface area (Å²) >= 11 is 0. The average Bonchev–Trinajstić information content (AvgIpc) is 1.99. The molecule has 0 atom stereocenters. The molecule has 0 aromatic carbocycles. The molecule has 5 heteroatoms. The predicted octanol–water partition coefficient (Wildman–Crippen LogP) is -1.00. The van der Waals surface area contributed by atoms with Crippen molar-refractivity contribution in [2.75, 3.05) is 13.2 Å². The Kier molecular flexibility index (Phi) is 4.40. The Hall–Kier alpha value is -1.10. The number of hydrogen-bond donors (Lipinski definition) is 3. The van der Waals surface area contributed by atoms with E-state index in [-0.39, 0.29) is 25.5 Å². The summed E-state index contributed by atoms with van der Waals surface area (Å²) in [7, 11) is 0. The molecule has 0 unspecified atom stereocenters. The highest BCUT2D eigenvalue weighted by atomic mass is 16.3. The molecule has 0 spiro atoms. The monoisotopic (exact) mass is 188 g/mol. The van der Waals surface area contributed by atoms with Gasteiger partial charge in [0.25, 0.3) is 0 Å². The minimum absolute atomic E-state index is 0.0440. The van der Waals surface area contributed by atoms with E-state index in [0.717, 1.165) is 0 Å². The van der Waals surface area contributed by atoms with Crippen molar-refractivity contribution in [3.63, 3.8) is 0 Å². The normalized spacial score (nSPS) is 11.0. The van der Waals surface area contributed by atoms with E-state index < -0.39 is 11.3 Å². The maximum atomic E-state index is 11.1. The van der Waals surface area contributed by atoms with Crippen LogP contribution in [0.2, 0.25) is 0 Å². The van der Waals surface area contributed by atoms with Gasteiger partial charge in [-0.25, -0.2) is 0 Å². The van der Waals surface area contributed by atoms with Gasteiger partial charge >= 0.3 is 0 Å². The number of rotatable bonds is 5. The van der Waals surface area contributed by atoms with Crippen LogP contribution in [0.15, 0.2) is 0 Å². The van der Waals surface area contributed by atoms with Crippen molar-refractivity contribution >= 4 is 11.8 Å². The molecule has 13 heavy (non-hydrogen) atoms. The van der Waals surface area contributed by atoms with Gasteiger partial charge in [-0.3, -0.25) is 9.59 Å². The molecule has 0 bridgehead atoms. The van der Waals surface area contributed by atoms with E-state index in [9.17, 15) is 9.59 Å². The summed E-state index contributed by atoms with van der Waals surface area (Å²) in [6.45, 7) is 3.30. The van der Waals surface area contributed by atoms with Gasteiger partial charge in [0, 0.05) is 13.0 Å². The first kappa shape index (κ1) is 11.9. The van der Waals surface area contributed by atoms with E-state index in [1.54, 1.807) is 13.8 Å². The summed E-state index contributed by atoms with van der Waals surface area (Å²) in [5.74, 6) is -0.788. The second kappa shape index (κ2) is 4.81. The SMILES string of the molecule is CC(C)(CC(=O)NCCO)C(N)=O. The van der Waals surface area contributed by atoms with Crippen molar-refractivity contribution in [3.05, 3.63) is 0 Å². The Balaban J connectivity index is 3.97. The second-order valence-electron chi connectivity index (χ2n) is 3.50. The molecular weight excluding hydrogens is 172 g/mol. The number of aliphatic hydroxyl groups is 1. The lowest BCUT2D eigenvalue weighted by molar-refractivity contribution is -0.132. The van der Waals surface area contributed by atoms with Gasteiger partial charge in [-0.2, -0.15) is 0 Å². The number of amides is 2. The molecule has 0 aliphatic carbocycles. The first-order chi connectivity index (χ1) is 5.90. The number of primary amides is 1. The standard InChI is InChI=1S/C8H16N2O3/c1-8(2,7(9)13)5-6(12)10-3-4-11/h11H,3-5H2,1-2H3,(H2,9,13)(H,10,12). The number of aliphatic hydroxyl groups excluding tert-OH is 1. The van der Waals surface area contributed by atoms with E-state index in [2.05, 4.69) is 5.32 Å². The van der Waals surface area contributed by atoms with Crippen LogP contribution >= 0.6 is 0 Å². The minimum Gasteiger partial charge on any atom is -0.395 e. The van der Waals surface area contributed by atoms with Gasteiger partial charge in [0.1, 0.15) is 0 Å². The lowest BCUT2D eigenvalue weighted by Crippen LogP contribution is -2.38. The molecule has 5 nitrogen and oxygen atoms in total. The molecule has 0 saturated heterocycles. The number of hydrogen-bond acceptors (Lipinski definition) is 3. The Bertz CT molecular complexity index is 202. The van der Waals surface area contributed by atoms with Crippen molar-refractivity contribution in [1.29, 1.82) is 0 Å². The molecule has 0 aliphatic heterocycles. The number of nitrogens with two attached hydrogens (primary N) is 1. The van der Waals surface area contributed by atoms with Crippen LogP contribution in [0.5, 0.6) is 0 Å². The van der Waals surface area contributed by atoms with Crippen LogP contribution < -0.4 is 11.1 Å². The number of carbonyl (C=O) groups is 2. The average molecular weight is 188 g/mol. The first-order valence-electron chi connectivity index (χ1n) is 4.07. The van der Waals surface area contributed by atoms with Gasteiger partial charge in [0.05, 0.1) is 12.0 Å². The van der Waals surface area contributed by atoms with Gasteiger partial charge in [-0.15, -0.1) is 0 Å². The van der Waals surface area contributed by atoms with Gasteiger partial charge in [-0.1, -0.05) is 13.8 Å². The summed E-state index contributed by atoms with van der Waals surface area (Å²) in [5.41, 5.74) is 4.25. The molecular formula is C8H16N2O3. The maximum Gasteiger partial charge on any atom is 0.223 e. The van der Waals surface area contributed by atoms with E-state index in [1.165, 1.54) is 0 Å². The quantitative estimate of drug-likeness (QED) is 0.516. The zero-order chi connectivity index (χ0) is 10.5. The van der Waals surface area contributed by atoms with E-state index in [4.69, 9.17) is 10.8 Å². The Morgan fingerprint density at radius 3 is 2.38 bits per heavy atom. The van der Waals surface area contributed by atoms with Crippen LogP contribution in [0.4, 0.5) is 0 Å². The smallest absolute Gasteiger partial charge is 0.223 e. The van der Waals surface area contributed by atoms with Crippen molar-refractivity contribution in [2.45, 2.75) is 20.3 Å². The maximum absolute atomic E-state index is 11.1. The third-order valence-electron chi connectivity index (χ3n) is 1.70. The van der Waals surface area contributed by atoms with Crippen molar-refractivity contribution in [2.24, 2.45) is 11.1 Å². The van der Waals surface area contributed by atoms with Gasteiger partial charge in [0.15, 0.2) is 0 Å². The molecule has 2 amide bonds. The van der Waals surface area contributed by atoms with Gasteiger partial charge < -0.3 is 16.2 Å². The van der Waals surface area contributed by atoms with Gasteiger partial charge in [0.2, 0.25) is 11.8 Å². The topological polar surface area (TPSA) is 92.4 Å². The minimum atomic E-state index is -0.834. The van der Waals surface area contributed by atoms with Gasteiger partial charge in [-0.05, 0) is 0 Å². The van der Waals surface area contributed by atoms with Crippen LogP contribution in [0, 0.1) is 5.41 Å². The largest absolute Gasteiger partial charge is 0.395 e. The van der Waals surface area contributed by atoms with Crippen LogP contribution in [0.1, 0.15) is 20.3 Å². The highest BCUT2D eigenvalue weighted by Crippen LogP contribution is 2.18. The second-order valence-corrected chi connectivity index (χ2v) is 3.50. The molecule has 0 aliphatic rings. The molecule has 0 heterocycles. The first-order valence-corrected chi connectivity index (χ1v) is 4.07. The van der Waals surface area contributed by atoms with E-state index in [1.807, 2.05) is 0 Å². The van der Waals surface area contributed by atoms with Crippen LogP contribution in [-0.2, 0) is 9.59 Å². The summed E-state index contributed by atoms with van der Waals surface area (Å²) in [5, 5.41) is 10.9. The Morgan fingerprint density at radius 2 is 2.00 bits per heavy atom. The molecule has 76 valence electrons.